The molecule has 7 heteroatoms. The maximum absolute atomic E-state index is 13.2. The Morgan fingerprint density at radius 3 is 2.44 bits per heavy atom. The number of fused-ring (bicyclic) bond motifs is 1. The summed E-state index contributed by atoms with van der Waals surface area (Å²) in [7, 11) is 0. The molecule has 0 saturated carbocycles. The minimum Gasteiger partial charge on any atom is -0.301 e. The van der Waals surface area contributed by atoms with Gasteiger partial charge in [-0.05, 0) is 19.0 Å². The molecule has 0 radical (unpaired) electrons. The van der Waals surface area contributed by atoms with E-state index in [4.69, 9.17) is 0 Å². The summed E-state index contributed by atoms with van der Waals surface area (Å²) in [6.45, 7) is 11.5. The third-order valence-electron chi connectivity index (χ3n) is 5.58. The van der Waals surface area contributed by atoms with Crippen LogP contribution in [0.3, 0.4) is 0 Å². The third-order valence-corrected chi connectivity index (χ3v) is 6.76. The Kier molecular flexibility index (Phi) is 5.34. The number of rotatable bonds is 5. The minimum absolute atomic E-state index is 0.0516. The number of hydrogen-bond acceptors (Lipinski definition) is 6. The van der Waals surface area contributed by atoms with Crippen molar-refractivity contribution in [2.75, 3.05) is 32.7 Å². The molecule has 0 bridgehead atoms. The van der Waals surface area contributed by atoms with Gasteiger partial charge in [-0.25, -0.2) is 4.98 Å². The van der Waals surface area contributed by atoms with Gasteiger partial charge in [-0.2, -0.15) is 4.68 Å². The lowest BCUT2D eigenvalue weighted by Crippen LogP contribution is -2.50. The van der Waals surface area contributed by atoms with Crippen LogP contribution in [0.4, 0.5) is 0 Å². The summed E-state index contributed by atoms with van der Waals surface area (Å²) in [6, 6.07) is 8.68. The third kappa shape index (κ3) is 3.56. The number of nitrogens with zero attached hydrogens (tertiary/aromatic N) is 5. The van der Waals surface area contributed by atoms with Gasteiger partial charge in [-0.15, -0.1) is 5.10 Å². The first-order valence-corrected chi connectivity index (χ1v) is 10.7. The number of benzene rings is 1. The lowest BCUT2D eigenvalue weighted by molar-refractivity contribution is 0.0739. The smallest absolute Gasteiger partial charge is 0.264 e. The Bertz CT molecular complexity index is 810. The Morgan fingerprint density at radius 2 is 1.85 bits per heavy atom. The van der Waals surface area contributed by atoms with E-state index in [1.165, 1.54) is 15.8 Å². The Balaban J connectivity index is 1.63. The molecule has 0 amide bonds. The molecule has 6 nitrogen and oxygen atoms in total. The Morgan fingerprint density at radius 1 is 1.15 bits per heavy atom. The predicted octanol–water partition coefficient (Wildman–Crippen LogP) is 2.64. The van der Waals surface area contributed by atoms with Crippen molar-refractivity contribution in [2.45, 2.75) is 43.6 Å². The van der Waals surface area contributed by atoms with Gasteiger partial charge in [0.25, 0.3) is 5.91 Å². The molecule has 1 aromatic carbocycles. The van der Waals surface area contributed by atoms with Crippen molar-refractivity contribution >= 4 is 17.7 Å². The number of thioether (sulfide) groups is 1. The van der Waals surface area contributed by atoms with Crippen LogP contribution in [0, 0.1) is 6.92 Å². The number of likely N-dealkylation sites (N-methyl/N-ethyl adjacent to an activating group) is 1. The monoisotopic (exact) mass is 385 g/mol. The molecule has 0 aliphatic carbocycles. The fraction of sp³-hybridized carbons (Fsp3) is 0.550. The van der Waals surface area contributed by atoms with Crippen LogP contribution in [0.15, 0.2) is 29.4 Å². The molecular formula is C20H27N5OS. The van der Waals surface area contributed by atoms with Gasteiger partial charge >= 0.3 is 0 Å². The van der Waals surface area contributed by atoms with Gasteiger partial charge in [0, 0.05) is 32.6 Å². The summed E-state index contributed by atoms with van der Waals surface area (Å²) in [5.41, 5.74) is 2.44. The molecule has 2 aliphatic heterocycles. The van der Waals surface area contributed by atoms with E-state index in [1.54, 1.807) is 11.8 Å². The Labute approximate surface area is 164 Å². The van der Waals surface area contributed by atoms with Crippen LogP contribution in [0.2, 0.25) is 0 Å². The van der Waals surface area contributed by atoms with E-state index in [2.05, 4.69) is 58.0 Å². The van der Waals surface area contributed by atoms with Crippen molar-refractivity contribution in [1.29, 1.82) is 0 Å². The molecule has 0 spiro atoms. The summed E-state index contributed by atoms with van der Waals surface area (Å²) in [6.07, 6.45) is 0.749. The van der Waals surface area contributed by atoms with Gasteiger partial charge in [0.15, 0.2) is 11.0 Å². The topological polar surface area (TPSA) is 54.3 Å². The molecule has 0 N–H and O–H groups in total. The predicted molar refractivity (Wildman–Crippen MR) is 107 cm³/mol. The second kappa shape index (κ2) is 7.73. The van der Waals surface area contributed by atoms with Gasteiger partial charge in [-0.1, -0.05) is 55.4 Å². The molecule has 1 saturated heterocycles. The van der Waals surface area contributed by atoms with E-state index in [9.17, 15) is 4.79 Å². The highest BCUT2D eigenvalue weighted by atomic mass is 32.2. The van der Waals surface area contributed by atoms with Crippen LogP contribution < -0.4 is 0 Å². The van der Waals surface area contributed by atoms with E-state index < -0.39 is 0 Å². The summed E-state index contributed by atoms with van der Waals surface area (Å²) >= 11 is 1.57. The SMILES string of the molecule is CCc1nc2n(n1)C(=O)C(C(c1ccc(C)cc1)N1CCN(CC)CC1)S2. The molecular weight excluding hydrogens is 358 g/mol. The van der Waals surface area contributed by atoms with Crippen LogP contribution in [0.25, 0.3) is 0 Å². The largest absolute Gasteiger partial charge is 0.301 e. The molecule has 2 aliphatic rings. The molecule has 144 valence electrons. The van der Waals surface area contributed by atoms with E-state index in [0.717, 1.165) is 50.1 Å². The summed E-state index contributed by atoms with van der Waals surface area (Å²) < 4.78 is 1.53. The van der Waals surface area contributed by atoms with Crippen LogP contribution in [-0.2, 0) is 6.42 Å². The van der Waals surface area contributed by atoms with Gasteiger partial charge in [-0.3, -0.25) is 9.69 Å². The van der Waals surface area contributed by atoms with Crippen LogP contribution >= 0.6 is 11.8 Å². The maximum Gasteiger partial charge on any atom is 0.264 e. The van der Waals surface area contributed by atoms with Gasteiger partial charge in [0.1, 0.15) is 5.25 Å². The number of carbonyl (C=O) groups is 1. The van der Waals surface area contributed by atoms with Crippen molar-refractivity contribution in [3.8, 4) is 0 Å². The first kappa shape index (κ1) is 18.7. The normalized spacial score (nSPS) is 22.2. The quantitative estimate of drug-likeness (QED) is 0.789. The molecule has 3 heterocycles. The van der Waals surface area contributed by atoms with Crippen LogP contribution in [-0.4, -0.2) is 68.4 Å². The van der Waals surface area contributed by atoms with Crippen molar-refractivity contribution in [1.82, 2.24) is 24.6 Å². The lowest BCUT2D eigenvalue weighted by atomic mass is 9.99. The molecule has 4 rings (SSSR count). The zero-order valence-electron chi connectivity index (χ0n) is 16.3. The second-order valence-electron chi connectivity index (χ2n) is 7.28. The fourth-order valence-electron chi connectivity index (χ4n) is 3.89. The zero-order chi connectivity index (χ0) is 19.0. The minimum atomic E-state index is -0.193. The van der Waals surface area contributed by atoms with Gasteiger partial charge in [0.05, 0.1) is 6.04 Å². The van der Waals surface area contributed by atoms with Crippen molar-refractivity contribution < 1.29 is 4.79 Å². The van der Waals surface area contributed by atoms with Crippen molar-refractivity contribution in [2.24, 2.45) is 0 Å². The molecule has 1 fully saturated rings. The number of piperazine rings is 1. The van der Waals surface area contributed by atoms with E-state index in [-0.39, 0.29) is 17.2 Å². The number of aryl methyl sites for hydroxylation is 2. The molecule has 2 aromatic rings. The average Bonchev–Trinajstić information content (AvgIpc) is 3.23. The van der Waals surface area contributed by atoms with Gasteiger partial charge in [0.2, 0.25) is 0 Å². The van der Waals surface area contributed by atoms with Crippen molar-refractivity contribution in [3.05, 3.63) is 41.2 Å². The van der Waals surface area contributed by atoms with Crippen LogP contribution in [0.1, 0.15) is 41.6 Å². The highest BCUT2D eigenvalue weighted by Crippen LogP contribution is 2.41. The summed E-state index contributed by atoms with van der Waals surface area (Å²) in [5, 5.41) is 4.96. The molecule has 27 heavy (non-hydrogen) atoms. The standard InChI is InChI=1S/C20H27N5OS/c1-4-16-21-20-25(22-16)19(26)18(27-20)17(15-8-6-14(3)7-9-15)24-12-10-23(5-2)11-13-24/h6-9,17-18H,4-5,10-13H2,1-3H3. The number of aromatic nitrogens is 3. The maximum atomic E-state index is 13.2. The van der Waals surface area contributed by atoms with E-state index >= 15 is 0 Å². The summed E-state index contributed by atoms with van der Waals surface area (Å²) in [5.74, 6) is 0.804. The molecule has 1 aromatic heterocycles. The average molecular weight is 386 g/mol. The highest BCUT2D eigenvalue weighted by molar-refractivity contribution is 8.00. The Hall–Kier alpha value is -1.70. The first-order chi connectivity index (χ1) is 13.1. The second-order valence-corrected chi connectivity index (χ2v) is 8.39. The number of hydrogen-bond donors (Lipinski definition) is 0. The fourth-order valence-corrected chi connectivity index (χ4v) is 5.17. The van der Waals surface area contributed by atoms with Gasteiger partial charge < -0.3 is 4.90 Å². The van der Waals surface area contributed by atoms with E-state index in [1.807, 2.05) is 6.92 Å². The highest BCUT2D eigenvalue weighted by Gasteiger charge is 2.43. The molecule has 2 atom stereocenters. The van der Waals surface area contributed by atoms with Crippen molar-refractivity contribution in [3.63, 3.8) is 0 Å². The summed E-state index contributed by atoms with van der Waals surface area (Å²) in [4.78, 5) is 22.6. The first-order valence-electron chi connectivity index (χ1n) is 9.80. The zero-order valence-corrected chi connectivity index (χ0v) is 17.1. The van der Waals surface area contributed by atoms with Crippen LogP contribution in [0.5, 0.6) is 0 Å². The van der Waals surface area contributed by atoms with E-state index in [0.29, 0.717) is 0 Å². The number of carbonyl (C=O) groups excluding carboxylic acids is 1. The molecule has 2 unspecified atom stereocenters. The lowest BCUT2D eigenvalue weighted by Gasteiger charge is -2.40.